The lowest BCUT2D eigenvalue weighted by Crippen LogP contribution is -2.41. The molecule has 0 bridgehead atoms. The van der Waals surface area contributed by atoms with Gasteiger partial charge in [0.1, 0.15) is 0 Å². The van der Waals surface area contributed by atoms with E-state index in [-0.39, 0.29) is 18.3 Å². The zero-order valence-corrected chi connectivity index (χ0v) is 14.0. The predicted molar refractivity (Wildman–Crippen MR) is 85.9 cm³/mol. The molecule has 0 radical (unpaired) electrons. The zero-order valence-electron chi connectivity index (χ0n) is 14.0. The molecular formula is C17H31BO2. The Labute approximate surface area is 125 Å². The normalized spacial score (nSPS) is 30.2. The number of allylic oxidation sites excluding steroid dienone is 2. The lowest BCUT2D eigenvalue weighted by atomic mass is 9.64. The Morgan fingerprint density at radius 1 is 1.05 bits per heavy atom. The topological polar surface area (TPSA) is 18.5 Å². The molecule has 1 unspecified atom stereocenters. The summed E-state index contributed by atoms with van der Waals surface area (Å²) in [6.45, 7) is 10.8. The van der Waals surface area contributed by atoms with E-state index in [1.54, 1.807) is 5.57 Å². The van der Waals surface area contributed by atoms with E-state index in [0.717, 1.165) is 6.42 Å². The third kappa shape index (κ3) is 3.31. The summed E-state index contributed by atoms with van der Waals surface area (Å²) >= 11 is 0. The molecule has 1 aliphatic carbocycles. The molecule has 1 fully saturated rings. The van der Waals surface area contributed by atoms with Gasteiger partial charge in [0.2, 0.25) is 0 Å². The van der Waals surface area contributed by atoms with Gasteiger partial charge in [0.05, 0.1) is 11.2 Å². The molecule has 2 aliphatic rings. The smallest absolute Gasteiger partial charge is 0.403 e. The van der Waals surface area contributed by atoms with Crippen LogP contribution in [0.25, 0.3) is 0 Å². The second kappa shape index (κ2) is 6.23. The largest absolute Gasteiger partial charge is 0.465 e. The van der Waals surface area contributed by atoms with Crippen LogP contribution in [0.15, 0.2) is 11.6 Å². The molecule has 0 aromatic rings. The molecule has 114 valence electrons. The highest BCUT2D eigenvalue weighted by Gasteiger charge is 2.53. The van der Waals surface area contributed by atoms with Gasteiger partial charge in [-0.3, -0.25) is 0 Å². The Bertz CT molecular complexity index is 344. The zero-order chi connectivity index (χ0) is 14.8. The molecule has 0 amide bonds. The second-order valence-electron chi connectivity index (χ2n) is 7.37. The van der Waals surface area contributed by atoms with Crippen LogP contribution in [0, 0.1) is 0 Å². The van der Waals surface area contributed by atoms with Gasteiger partial charge in [0.25, 0.3) is 0 Å². The summed E-state index contributed by atoms with van der Waals surface area (Å²) in [4.78, 5) is 0. The molecule has 0 spiro atoms. The van der Waals surface area contributed by atoms with Crippen molar-refractivity contribution in [3.05, 3.63) is 11.6 Å². The fourth-order valence-electron chi connectivity index (χ4n) is 3.24. The van der Waals surface area contributed by atoms with Crippen molar-refractivity contribution in [2.75, 3.05) is 0 Å². The van der Waals surface area contributed by atoms with Crippen molar-refractivity contribution in [3.63, 3.8) is 0 Å². The monoisotopic (exact) mass is 278 g/mol. The minimum Gasteiger partial charge on any atom is -0.403 e. The fraction of sp³-hybridized carbons (Fsp3) is 0.882. The van der Waals surface area contributed by atoms with Crippen molar-refractivity contribution in [1.82, 2.24) is 0 Å². The molecule has 1 atom stereocenters. The Morgan fingerprint density at radius 3 is 2.25 bits per heavy atom. The van der Waals surface area contributed by atoms with Crippen molar-refractivity contribution in [3.8, 4) is 0 Å². The molecule has 3 heteroatoms. The van der Waals surface area contributed by atoms with Crippen LogP contribution in [0.5, 0.6) is 0 Å². The highest BCUT2D eigenvalue weighted by Crippen LogP contribution is 2.44. The number of rotatable bonds is 3. The van der Waals surface area contributed by atoms with Crippen molar-refractivity contribution in [1.29, 1.82) is 0 Å². The van der Waals surface area contributed by atoms with Gasteiger partial charge in [-0.25, -0.2) is 0 Å². The molecule has 0 aromatic carbocycles. The molecule has 2 rings (SSSR count). The number of hydrogen-bond donors (Lipinski definition) is 0. The van der Waals surface area contributed by atoms with Crippen LogP contribution in [-0.2, 0) is 9.31 Å². The maximum absolute atomic E-state index is 6.28. The van der Waals surface area contributed by atoms with Crippen molar-refractivity contribution >= 4 is 7.12 Å². The first-order valence-corrected chi connectivity index (χ1v) is 8.42. The summed E-state index contributed by atoms with van der Waals surface area (Å²) in [7, 11) is -0.0734. The van der Waals surface area contributed by atoms with Gasteiger partial charge in [-0.2, -0.15) is 0 Å². The van der Waals surface area contributed by atoms with Gasteiger partial charge in [0, 0.05) is 5.82 Å². The van der Waals surface area contributed by atoms with E-state index in [1.807, 2.05) is 0 Å². The summed E-state index contributed by atoms with van der Waals surface area (Å²) < 4.78 is 12.6. The molecule has 1 heterocycles. The molecule has 2 nitrogen and oxygen atoms in total. The highest BCUT2D eigenvalue weighted by atomic mass is 16.7. The minimum absolute atomic E-state index is 0.0734. The van der Waals surface area contributed by atoms with E-state index >= 15 is 0 Å². The first-order valence-electron chi connectivity index (χ1n) is 8.42. The van der Waals surface area contributed by atoms with Gasteiger partial charge in [0.15, 0.2) is 0 Å². The Kier molecular flexibility index (Phi) is 5.02. The van der Waals surface area contributed by atoms with Crippen molar-refractivity contribution in [2.45, 2.75) is 96.6 Å². The summed E-state index contributed by atoms with van der Waals surface area (Å²) in [6, 6.07) is 0. The predicted octanol–water partition coefficient (Wildman–Crippen LogP) is 5.14. The standard InChI is InChI=1S/C17H31BO2/c1-6-15(14-12-10-8-7-9-11-13-14)18-19-16(2,3)17(4,5)20-18/h12,15H,6-11,13H2,1-5H3/b14-12+. The third-order valence-corrected chi connectivity index (χ3v) is 5.34. The lowest BCUT2D eigenvalue weighted by molar-refractivity contribution is 0.00578. The van der Waals surface area contributed by atoms with Gasteiger partial charge in [-0.15, -0.1) is 0 Å². The van der Waals surface area contributed by atoms with Crippen LogP contribution in [0.2, 0.25) is 5.82 Å². The molecule has 0 aromatic heterocycles. The van der Waals surface area contributed by atoms with Crippen LogP contribution in [0.3, 0.4) is 0 Å². The molecular weight excluding hydrogens is 247 g/mol. The van der Waals surface area contributed by atoms with Crippen molar-refractivity contribution < 1.29 is 9.31 Å². The van der Waals surface area contributed by atoms with Crippen LogP contribution in [0.4, 0.5) is 0 Å². The van der Waals surface area contributed by atoms with Gasteiger partial charge < -0.3 is 9.31 Å². The lowest BCUT2D eigenvalue weighted by Gasteiger charge is -2.32. The van der Waals surface area contributed by atoms with Crippen molar-refractivity contribution in [2.24, 2.45) is 0 Å². The van der Waals surface area contributed by atoms with Gasteiger partial charge >= 0.3 is 7.12 Å². The third-order valence-electron chi connectivity index (χ3n) is 5.34. The first-order chi connectivity index (χ1) is 9.37. The first kappa shape index (κ1) is 16.1. The molecule has 0 saturated carbocycles. The average Bonchev–Trinajstić information content (AvgIpc) is 2.51. The van der Waals surface area contributed by atoms with Gasteiger partial charge in [-0.1, -0.05) is 37.8 Å². The van der Waals surface area contributed by atoms with Crippen LogP contribution in [-0.4, -0.2) is 18.3 Å². The van der Waals surface area contributed by atoms with Gasteiger partial charge in [-0.05, 0) is 53.4 Å². The molecule has 1 aliphatic heterocycles. The summed E-state index contributed by atoms with van der Waals surface area (Å²) in [5, 5.41) is 0. The molecule has 0 N–H and O–H groups in total. The van der Waals surface area contributed by atoms with E-state index in [2.05, 4.69) is 40.7 Å². The molecule has 1 saturated heterocycles. The Balaban J connectivity index is 2.12. The maximum Gasteiger partial charge on any atom is 0.465 e. The highest BCUT2D eigenvalue weighted by molar-refractivity contribution is 6.48. The average molecular weight is 278 g/mol. The SMILES string of the molecule is CCC(B1OC(C)(C)C(C)(C)O1)/C1=C/CCCCCC1. The van der Waals surface area contributed by atoms with E-state index in [4.69, 9.17) is 9.31 Å². The summed E-state index contributed by atoms with van der Waals surface area (Å²) in [5.41, 5.74) is 1.14. The van der Waals surface area contributed by atoms with E-state index < -0.39 is 0 Å². The Hall–Kier alpha value is -0.275. The van der Waals surface area contributed by atoms with E-state index in [1.165, 1.54) is 38.5 Å². The summed E-state index contributed by atoms with van der Waals surface area (Å²) in [6.07, 6.45) is 11.4. The Morgan fingerprint density at radius 2 is 1.65 bits per heavy atom. The fourth-order valence-corrected chi connectivity index (χ4v) is 3.24. The number of hydrogen-bond acceptors (Lipinski definition) is 2. The quantitative estimate of drug-likeness (QED) is 0.525. The minimum atomic E-state index is -0.215. The van der Waals surface area contributed by atoms with Crippen LogP contribution in [0.1, 0.15) is 79.6 Å². The van der Waals surface area contributed by atoms with Crippen LogP contribution < -0.4 is 0 Å². The van der Waals surface area contributed by atoms with E-state index in [9.17, 15) is 0 Å². The van der Waals surface area contributed by atoms with E-state index in [0.29, 0.717) is 5.82 Å². The molecule has 20 heavy (non-hydrogen) atoms. The maximum atomic E-state index is 6.28. The second-order valence-corrected chi connectivity index (χ2v) is 7.37. The van der Waals surface area contributed by atoms with Crippen LogP contribution >= 0.6 is 0 Å². The summed E-state index contributed by atoms with van der Waals surface area (Å²) in [5.74, 6) is 0.425.